The van der Waals surface area contributed by atoms with Gasteiger partial charge in [0.2, 0.25) is 5.91 Å². The summed E-state index contributed by atoms with van der Waals surface area (Å²) in [6, 6.07) is 5.99. The number of carbonyl (C=O) groups is 1. The highest BCUT2D eigenvalue weighted by Crippen LogP contribution is 2.33. The van der Waals surface area contributed by atoms with Crippen molar-refractivity contribution in [2.75, 3.05) is 0 Å². The molecule has 7 heteroatoms. The Bertz CT molecular complexity index is 652. The summed E-state index contributed by atoms with van der Waals surface area (Å²) in [6.45, 7) is 10.9. The molecule has 2 rings (SSSR count). The van der Waals surface area contributed by atoms with E-state index in [0.29, 0.717) is 5.54 Å². The third-order valence-corrected chi connectivity index (χ3v) is 7.98. The van der Waals surface area contributed by atoms with Gasteiger partial charge >= 0.3 is 0 Å². The topological polar surface area (TPSA) is 75.8 Å². The molecule has 1 saturated heterocycles. The van der Waals surface area contributed by atoms with Crippen molar-refractivity contribution in [1.82, 2.24) is 4.57 Å². The molecule has 0 N–H and O–H groups in total. The van der Waals surface area contributed by atoms with E-state index in [4.69, 9.17) is 0 Å². The van der Waals surface area contributed by atoms with Gasteiger partial charge in [0.1, 0.15) is 15.7 Å². The van der Waals surface area contributed by atoms with Crippen molar-refractivity contribution in [2.24, 2.45) is 10.4 Å². The van der Waals surface area contributed by atoms with Crippen LogP contribution in [-0.2, 0) is 4.79 Å². The van der Waals surface area contributed by atoms with E-state index in [9.17, 15) is 14.9 Å². The van der Waals surface area contributed by atoms with E-state index in [1.165, 1.54) is 12.1 Å². The maximum Gasteiger partial charge on any atom is 0.269 e. The van der Waals surface area contributed by atoms with Crippen LogP contribution in [0.25, 0.3) is 0 Å². The van der Waals surface area contributed by atoms with Crippen LogP contribution in [-0.4, -0.2) is 43.4 Å². The summed E-state index contributed by atoms with van der Waals surface area (Å²) < 4.78 is 2.02. The van der Waals surface area contributed by atoms with Crippen molar-refractivity contribution in [3.05, 3.63) is 39.9 Å². The molecule has 24 heavy (non-hydrogen) atoms. The van der Waals surface area contributed by atoms with Crippen LogP contribution in [0.4, 0.5) is 5.69 Å². The number of β-lactam (4-membered cyclic amide) rings is 1. The molecule has 1 aliphatic rings. The number of amides is 1. The molecule has 0 saturated carbocycles. The minimum atomic E-state index is -0.643. The Morgan fingerprint density at radius 1 is 1.33 bits per heavy atom. The fourth-order valence-corrected chi connectivity index (χ4v) is 4.56. The Labute approximate surface area is 145 Å². The summed E-state index contributed by atoms with van der Waals surface area (Å²) in [7, 11) is -0.643. The molecule has 1 aromatic carbocycles. The van der Waals surface area contributed by atoms with E-state index in [-0.39, 0.29) is 29.1 Å². The van der Waals surface area contributed by atoms with Crippen LogP contribution in [0.1, 0.15) is 40.2 Å². The summed E-state index contributed by atoms with van der Waals surface area (Å²) in [5, 5.41) is 10.6. The SMILES string of the molecule is CC1C(N=Cc2ccc([N+](=O)[O-])cc2)C(=O)N1[SiH2]C(C)C(C)(C)C. The molecule has 1 aliphatic heterocycles. The molecule has 0 spiro atoms. The second kappa shape index (κ2) is 6.84. The monoisotopic (exact) mass is 347 g/mol. The zero-order valence-electron chi connectivity index (χ0n) is 14.9. The fraction of sp³-hybridized carbons (Fsp3) is 0.529. The summed E-state index contributed by atoms with van der Waals surface area (Å²) in [5.74, 6) is 0.114. The number of aliphatic imine (C=N–C) groups is 1. The van der Waals surface area contributed by atoms with E-state index in [0.717, 1.165) is 5.56 Å². The first-order valence-electron chi connectivity index (χ1n) is 8.19. The van der Waals surface area contributed by atoms with Gasteiger partial charge in [0.15, 0.2) is 0 Å². The lowest BCUT2D eigenvalue weighted by molar-refractivity contribution is -0.384. The van der Waals surface area contributed by atoms with Crippen LogP contribution in [0.15, 0.2) is 29.3 Å². The number of benzene rings is 1. The highest BCUT2D eigenvalue weighted by molar-refractivity contribution is 6.40. The van der Waals surface area contributed by atoms with Crippen molar-refractivity contribution in [2.45, 2.75) is 52.2 Å². The Hall–Kier alpha value is -2.02. The second-order valence-electron chi connectivity index (χ2n) is 7.57. The van der Waals surface area contributed by atoms with E-state index >= 15 is 0 Å². The second-order valence-corrected chi connectivity index (χ2v) is 9.84. The Morgan fingerprint density at radius 2 is 1.92 bits per heavy atom. The minimum Gasteiger partial charge on any atom is -0.368 e. The van der Waals surface area contributed by atoms with Gasteiger partial charge in [-0.3, -0.25) is 19.9 Å². The summed E-state index contributed by atoms with van der Waals surface area (Å²) in [5.41, 5.74) is 1.58. The van der Waals surface area contributed by atoms with Gasteiger partial charge < -0.3 is 4.57 Å². The maximum atomic E-state index is 12.4. The molecule has 130 valence electrons. The van der Waals surface area contributed by atoms with Crippen LogP contribution in [0, 0.1) is 15.5 Å². The molecule has 3 atom stereocenters. The zero-order chi connectivity index (χ0) is 18.1. The minimum absolute atomic E-state index is 0.0496. The lowest BCUT2D eigenvalue weighted by Crippen LogP contribution is -2.64. The van der Waals surface area contributed by atoms with E-state index in [1.54, 1.807) is 18.3 Å². The Kier molecular flexibility index (Phi) is 5.22. The van der Waals surface area contributed by atoms with Crippen LogP contribution in [0.5, 0.6) is 0 Å². The number of carbonyl (C=O) groups excluding carboxylic acids is 1. The Balaban J connectivity index is 1.97. The zero-order valence-corrected chi connectivity index (χ0v) is 16.3. The molecule has 1 heterocycles. The Morgan fingerprint density at radius 3 is 2.38 bits per heavy atom. The van der Waals surface area contributed by atoms with Crippen LogP contribution < -0.4 is 0 Å². The first-order valence-corrected chi connectivity index (χ1v) is 9.64. The first-order chi connectivity index (χ1) is 11.1. The highest BCUT2D eigenvalue weighted by atomic mass is 28.2. The number of hydrogen-bond acceptors (Lipinski definition) is 4. The lowest BCUT2D eigenvalue weighted by atomic mass is 9.93. The van der Waals surface area contributed by atoms with Crippen LogP contribution in [0.2, 0.25) is 5.54 Å². The third-order valence-electron chi connectivity index (χ3n) is 4.92. The number of nitro groups is 1. The summed E-state index contributed by atoms with van der Waals surface area (Å²) >= 11 is 0. The van der Waals surface area contributed by atoms with Gasteiger partial charge in [0.25, 0.3) is 5.69 Å². The third kappa shape index (κ3) is 3.90. The van der Waals surface area contributed by atoms with E-state index in [2.05, 4.69) is 32.7 Å². The van der Waals surface area contributed by atoms with Crippen molar-refractivity contribution >= 4 is 27.5 Å². The van der Waals surface area contributed by atoms with E-state index in [1.807, 2.05) is 11.5 Å². The molecule has 3 unspecified atom stereocenters. The van der Waals surface area contributed by atoms with Gasteiger partial charge in [-0.25, -0.2) is 0 Å². The highest BCUT2D eigenvalue weighted by Gasteiger charge is 2.44. The van der Waals surface area contributed by atoms with Gasteiger partial charge in [-0.05, 0) is 35.6 Å². The summed E-state index contributed by atoms with van der Waals surface area (Å²) in [4.78, 5) is 27.0. The van der Waals surface area contributed by atoms with Crippen molar-refractivity contribution < 1.29 is 9.72 Å². The number of non-ortho nitro benzene ring substituents is 1. The van der Waals surface area contributed by atoms with Gasteiger partial charge in [0, 0.05) is 18.3 Å². The average molecular weight is 347 g/mol. The van der Waals surface area contributed by atoms with E-state index < -0.39 is 14.6 Å². The first kappa shape index (κ1) is 18.3. The van der Waals surface area contributed by atoms with Crippen LogP contribution >= 0.6 is 0 Å². The molecule has 0 radical (unpaired) electrons. The molecule has 1 aromatic rings. The van der Waals surface area contributed by atoms with Gasteiger partial charge in [0.05, 0.1) is 11.0 Å². The normalized spacial score (nSPS) is 23.0. The lowest BCUT2D eigenvalue weighted by Gasteiger charge is -2.46. The van der Waals surface area contributed by atoms with Gasteiger partial charge in [-0.2, -0.15) is 0 Å². The maximum absolute atomic E-state index is 12.4. The molecule has 0 aromatic heterocycles. The molecule has 1 amide bonds. The van der Waals surface area contributed by atoms with Crippen molar-refractivity contribution in [1.29, 1.82) is 0 Å². The number of rotatable bonds is 5. The molecule has 1 fully saturated rings. The van der Waals surface area contributed by atoms with Crippen molar-refractivity contribution in [3.8, 4) is 0 Å². The smallest absolute Gasteiger partial charge is 0.269 e. The molecule has 0 bridgehead atoms. The quantitative estimate of drug-likeness (QED) is 0.270. The molecular formula is C17H25N3O3Si. The largest absolute Gasteiger partial charge is 0.368 e. The molecule has 6 nitrogen and oxygen atoms in total. The number of nitrogens with zero attached hydrogens (tertiary/aromatic N) is 3. The number of hydrogen-bond donors (Lipinski definition) is 0. The van der Waals surface area contributed by atoms with Crippen LogP contribution in [0.3, 0.4) is 0 Å². The predicted molar refractivity (Wildman–Crippen MR) is 98.2 cm³/mol. The predicted octanol–water partition coefficient (Wildman–Crippen LogP) is 2.55. The van der Waals surface area contributed by atoms with Gasteiger partial charge in [-0.15, -0.1) is 0 Å². The number of nitro benzene ring substituents is 1. The summed E-state index contributed by atoms with van der Waals surface area (Å²) in [6.07, 6.45) is 1.63. The molecule has 0 aliphatic carbocycles. The standard InChI is InChI=1S/C17H25N3O3Si/c1-11-15(16(21)19(11)24-12(2)17(3,4)5)18-10-13-6-8-14(9-7-13)20(22)23/h6-12,15H,24H2,1-5H3. The fourth-order valence-electron chi connectivity index (χ4n) is 2.53. The molecular weight excluding hydrogens is 322 g/mol. The van der Waals surface area contributed by atoms with Crippen molar-refractivity contribution in [3.63, 3.8) is 0 Å². The average Bonchev–Trinajstić information content (AvgIpc) is 2.52. The van der Waals surface area contributed by atoms with Gasteiger partial charge in [-0.1, -0.05) is 27.7 Å².